The molecule has 90 valence electrons. The number of rotatable bonds is 5. The van der Waals surface area contributed by atoms with Crippen molar-refractivity contribution in [1.29, 1.82) is 0 Å². The lowest BCUT2D eigenvalue weighted by molar-refractivity contribution is 0.282. The van der Waals surface area contributed by atoms with Crippen LogP contribution in [0, 0.1) is 0 Å². The molecular formula is C14H17NO2. The second-order valence-corrected chi connectivity index (χ2v) is 3.94. The highest BCUT2D eigenvalue weighted by atomic mass is 16.3. The lowest BCUT2D eigenvalue weighted by Gasteiger charge is -2.18. The average molecular weight is 231 g/mol. The van der Waals surface area contributed by atoms with Gasteiger partial charge < -0.3 is 14.8 Å². The highest BCUT2D eigenvalue weighted by Crippen LogP contribution is 2.25. The van der Waals surface area contributed by atoms with Crippen LogP contribution < -0.4 is 5.32 Å². The highest BCUT2D eigenvalue weighted by molar-refractivity contribution is 5.51. The molecule has 1 aromatic carbocycles. The summed E-state index contributed by atoms with van der Waals surface area (Å²) in [7, 11) is 0. The van der Waals surface area contributed by atoms with Crippen LogP contribution in [0.5, 0.6) is 0 Å². The van der Waals surface area contributed by atoms with Crippen molar-refractivity contribution in [2.24, 2.45) is 0 Å². The number of anilines is 1. The van der Waals surface area contributed by atoms with Crippen LogP contribution in [0.3, 0.4) is 0 Å². The molecule has 1 atom stereocenters. The molecule has 0 aliphatic rings. The standard InChI is InChI=1S/C14H17NO2/c1-2-12(14-8-5-9-17-14)15-13-7-4-3-6-11(13)10-16/h3-9,12,15-16H,2,10H2,1H3. The smallest absolute Gasteiger partial charge is 0.125 e. The van der Waals surface area contributed by atoms with Gasteiger partial charge in [-0.1, -0.05) is 25.1 Å². The number of para-hydroxylation sites is 1. The van der Waals surface area contributed by atoms with Crippen LogP contribution in [0.25, 0.3) is 0 Å². The molecule has 0 aliphatic heterocycles. The molecule has 17 heavy (non-hydrogen) atoms. The first-order valence-electron chi connectivity index (χ1n) is 5.84. The minimum atomic E-state index is 0.0394. The van der Waals surface area contributed by atoms with E-state index in [4.69, 9.17) is 4.42 Å². The second kappa shape index (κ2) is 5.55. The lowest BCUT2D eigenvalue weighted by atomic mass is 10.1. The molecule has 0 saturated heterocycles. The molecule has 1 unspecified atom stereocenters. The van der Waals surface area contributed by atoms with Crippen molar-refractivity contribution in [2.45, 2.75) is 26.0 Å². The number of nitrogens with one attached hydrogen (secondary N) is 1. The van der Waals surface area contributed by atoms with E-state index in [1.165, 1.54) is 0 Å². The SMILES string of the molecule is CCC(Nc1ccccc1CO)c1ccco1. The van der Waals surface area contributed by atoms with Crippen LogP contribution in [0.4, 0.5) is 5.69 Å². The Balaban J connectivity index is 2.18. The molecule has 0 saturated carbocycles. The molecular weight excluding hydrogens is 214 g/mol. The van der Waals surface area contributed by atoms with Gasteiger partial charge in [-0.25, -0.2) is 0 Å². The molecule has 0 amide bonds. The average Bonchev–Trinajstić information content (AvgIpc) is 2.90. The zero-order chi connectivity index (χ0) is 12.1. The minimum absolute atomic E-state index is 0.0394. The molecule has 0 bridgehead atoms. The molecule has 0 fully saturated rings. The largest absolute Gasteiger partial charge is 0.467 e. The normalized spacial score (nSPS) is 12.4. The second-order valence-electron chi connectivity index (χ2n) is 3.94. The third kappa shape index (κ3) is 2.68. The molecule has 0 radical (unpaired) electrons. The maximum absolute atomic E-state index is 9.27. The molecule has 0 spiro atoms. The lowest BCUT2D eigenvalue weighted by Crippen LogP contribution is -2.10. The maximum Gasteiger partial charge on any atom is 0.125 e. The zero-order valence-electron chi connectivity index (χ0n) is 9.89. The number of hydrogen-bond acceptors (Lipinski definition) is 3. The molecule has 2 rings (SSSR count). The fourth-order valence-corrected chi connectivity index (χ4v) is 1.85. The quantitative estimate of drug-likeness (QED) is 0.829. The van der Waals surface area contributed by atoms with Gasteiger partial charge in [0.25, 0.3) is 0 Å². The van der Waals surface area contributed by atoms with E-state index in [0.29, 0.717) is 0 Å². The first-order valence-corrected chi connectivity index (χ1v) is 5.84. The van der Waals surface area contributed by atoms with Crippen LogP contribution >= 0.6 is 0 Å². The maximum atomic E-state index is 9.27. The van der Waals surface area contributed by atoms with Crippen molar-refractivity contribution in [3.63, 3.8) is 0 Å². The Morgan fingerprint density at radius 3 is 2.71 bits per heavy atom. The summed E-state index contributed by atoms with van der Waals surface area (Å²) < 4.78 is 5.41. The van der Waals surface area contributed by atoms with Crippen molar-refractivity contribution in [3.05, 3.63) is 54.0 Å². The van der Waals surface area contributed by atoms with Crippen molar-refractivity contribution in [3.8, 4) is 0 Å². The van der Waals surface area contributed by atoms with E-state index in [-0.39, 0.29) is 12.6 Å². The molecule has 1 heterocycles. The summed E-state index contributed by atoms with van der Waals surface area (Å²) in [5, 5.41) is 12.7. The number of hydrogen-bond donors (Lipinski definition) is 2. The van der Waals surface area contributed by atoms with Gasteiger partial charge in [0.1, 0.15) is 5.76 Å². The summed E-state index contributed by atoms with van der Waals surface area (Å²) >= 11 is 0. The fourth-order valence-electron chi connectivity index (χ4n) is 1.85. The summed E-state index contributed by atoms with van der Waals surface area (Å²) in [5.41, 5.74) is 1.86. The minimum Gasteiger partial charge on any atom is -0.467 e. The molecule has 2 N–H and O–H groups in total. The van der Waals surface area contributed by atoms with E-state index in [1.54, 1.807) is 6.26 Å². The van der Waals surface area contributed by atoms with Gasteiger partial charge >= 0.3 is 0 Å². The summed E-state index contributed by atoms with van der Waals surface area (Å²) in [6, 6.07) is 11.7. The van der Waals surface area contributed by atoms with Gasteiger partial charge in [0.15, 0.2) is 0 Å². The zero-order valence-corrected chi connectivity index (χ0v) is 9.89. The first kappa shape index (κ1) is 11.7. The van der Waals surface area contributed by atoms with Crippen molar-refractivity contribution in [1.82, 2.24) is 0 Å². The topological polar surface area (TPSA) is 45.4 Å². The Hall–Kier alpha value is -1.74. The number of furan rings is 1. The summed E-state index contributed by atoms with van der Waals surface area (Å²) in [4.78, 5) is 0. The van der Waals surface area contributed by atoms with E-state index in [2.05, 4.69) is 12.2 Å². The summed E-state index contributed by atoms with van der Waals surface area (Å²) in [5.74, 6) is 0.917. The van der Waals surface area contributed by atoms with Crippen LogP contribution in [-0.4, -0.2) is 5.11 Å². The molecule has 0 aliphatic carbocycles. The predicted octanol–water partition coefficient (Wildman–Crippen LogP) is 3.34. The van der Waals surface area contributed by atoms with Gasteiger partial charge in [-0.05, 0) is 24.6 Å². The van der Waals surface area contributed by atoms with Gasteiger partial charge in [0.2, 0.25) is 0 Å². The van der Waals surface area contributed by atoms with Crippen molar-refractivity contribution < 1.29 is 9.52 Å². The van der Waals surface area contributed by atoms with Gasteiger partial charge in [-0.3, -0.25) is 0 Å². The van der Waals surface area contributed by atoms with Gasteiger partial charge in [-0.2, -0.15) is 0 Å². The Kier molecular flexibility index (Phi) is 3.83. The van der Waals surface area contributed by atoms with Gasteiger partial charge in [-0.15, -0.1) is 0 Å². The fraction of sp³-hybridized carbons (Fsp3) is 0.286. The Morgan fingerprint density at radius 1 is 1.24 bits per heavy atom. The highest BCUT2D eigenvalue weighted by Gasteiger charge is 2.12. The van der Waals surface area contributed by atoms with E-state index < -0.39 is 0 Å². The van der Waals surface area contributed by atoms with Crippen molar-refractivity contribution in [2.75, 3.05) is 5.32 Å². The van der Waals surface area contributed by atoms with E-state index in [0.717, 1.165) is 23.4 Å². The third-order valence-corrected chi connectivity index (χ3v) is 2.81. The third-order valence-electron chi connectivity index (χ3n) is 2.81. The Morgan fingerprint density at radius 2 is 2.06 bits per heavy atom. The molecule has 3 nitrogen and oxygen atoms in total. The number of benzene rings is 1. The van der Waals surface area contributed by atoms with Gasteiger partial charge in [0, 0.05) is 11.3 Å². The van der Waals surface area contributed by atoms with Crippen LogP contribution in [0.2, 0.25) is 0 Å². The monoisotopic (exact) mass is 231 g/mol. The molecule has 2 aromatic rings. The van der Waals surface area contributed by atoms with E-state index in [1.807, 2.05) is 36.4 Å². The number of aliphatic hydroxyl groups excluding tert-OH is 1. The van der Waals surface area contributed by atoms with Gasteiger partial charge in [0.05, 0.1) is 18.9 Å². The van der Waals surface area contributed by atoms with Crippen LogP contribution in [0.15, 0.2) is 47.1 Å². The molecule has 1 aromatic heterocycles. The number of aliphatic hydroxyl groups is 1. The summed E-state index contributed by atoms with van der Waals surface area (Å²) in [6.07, 6.45) is 2.60. The summed E-state index contributed by atoms with van der Waals surface area (Å²) in [6.45, 7) is 2.14. The van der Waals surface area contributed by atoms with E-state index >= 15 is 0 Å². The Bertz CT molecular complexity index is 451. The van der Waals surface area contributed by atoms with E-state index in [9.17, 15) is 5.11 Å². The van der Waals surface area contributed by atoms with Crippen molar-refractivity contribution >= 4 is 5.69 Å². The van der Waals surface area contributed by atoms with Crippen LogP contribution in [-0.2, 0) is 6.61 Å². The molecule has 3 heteroatoms. The Labute approximate surface area is 101 Å². The predicted molar refractivity (Wildman–Crippen MR) is 67.7 cm³/mol. The first-order chi connectivity index (χ1) is 8.35. The van der Waals surface area contributed by atoms with Crippen LogP contribution in [0.1, 0.15) is 30.7 Å².